The molecule has 0 aromatic carbocycles. The molecule has 350 valence electrons. The molecular formula is C54H99NO5. The topological polar surface area (TPSA) is 95.9 Å². The third-order valence-corrected chi connectivity index (χ3v) is 11.6. The molecule has 0 heterocycles. The molecule has 0 radical (unpaired) electrons. The molecular weight excluding hydrogens is 743 g/mol. The molecule has 2 unspecified atom stereocenters. The third-order valence-electron chi connectivity index (χ3n) is 11.6. The molecule has 0 fully saturated rings. The normalized spacial score (nSPS) is 13.1. The molecule has 3 N–H and O–H groups in total. The first-order chi connectivity index (χ1) is 29.5. The minimum absolute atomic E-state index is 0.0273. The number of aliphatic hydroxyl groups excluding tert-OH is 2. The standard InChI is InChI=1S/C54H99NO5/c1-3-5-7-9-11-13-15-16-17-18-21-24-28-32-36-40-44-48-54(59)60-49-45-41-37-33-29-25-22-19-20-23-27-31-35-39-43-47-53(58)55-51(50-56)52(57)46-42-38-34-30-26-14-12-10-8-6-4-2/h16-17,19,22,25,29,42,46,51-52,56-57H,3-15,18,20-21,23-24,26-28,30-41,43-45,47-50H2,1-2H3,(H,55,58)/b17-16-,22-19-,29-25-,46-42+. The molecule has 0 saturated carbocycles. The van der Waals surface area contributed by atoms with Gasteiger partial charge in [-0.3, -0.25) is 9.59 Å². The minimum Gasteiger partial charge on any atom is -0.466 e. The van der Waals surface area contributed by atoms with E-state index < -0.39 is 12.1 Å². The second-order valence-corrected chi connectivity index (χ2v) is 17.5. The van der Waals surface area contributed by atoms with Gasteiger partial charge in [0, 0.05) is 12.8 Å². The van der Waals surface area contributed by atoms with Crippen molar-refractivity contribution in [1.29, 1.82) is 0 Å². The number of hydrogen-bond acceptors (Lipinski definition) is 5. The van der Waals surface area contributed by atoms with Gasteiger partial charge in [0.15, 0.2) is 0 Å². The molecule has 0 aliphatic carbocycles. The molecule has 0 spiro atoms. The predicted molar refractivity (Wildman–Crippen MR) is 259 cm³/mol. The quantitative estimate of drug-likeness (QED) is 0.0245. The van der Waals surface area contributed by atoms with Crippen LogP contribution in [0.3, 0.4) is 0 Å². The summed E-state index contributed by atoms with van der Waals surface area (Å²) in [5, 5.41) is 22.9. The molecule has 0 saturated heterocycles. The van der Waals surface area contributed by atoms with E-state index in [9.17, 15) is 19.8 Å². The Labute approximate surface area is 372 Å². The number of ether oxygens (including phenoxy) is 1. The second kappa shape index (κ2) is 49.5. The molecule has 0 aliphatic rings. The predicted octanol–water partition coefficient (Wildman–Crippen LogP) is 15.5. The van der Waals surface area contributed by atoms with Crippen molar-refractivity contribution in [3.8, 4) is 0 Å². The molecule has 6 heteroatoms. The van der Waals surface area contributed by atoms with Gasteiger partial charge in [-0.15, -0.1) is 0 Å². The Morgan fingerprint density at radius 2 is 0.833 bits per heavy atom. The highest BCUT2D eigenvalue weighted by Crippen LogP contribution is 2.14. The number of hydrogen-bond donors (Lipinski definition) is 3. The number of unbranched alkanes of at least 4 members (excludes halogenated alkanes) is 31. The SMILES string of the molecule is CCCCCCCC/C=C\CCCCCCCCCC(=O)OCCCCC/C=C\C=C/CCCCCCCCC(=O)NC(CO)C(O)/C=C/CCCCCCCCCCC. The first kappa shape index (κ1) is 57.8. The number of allylic oxidation sites excluding steroid dienone is 7. The molecule has 60 heavy (non-hydrogen) atoms. The minimum atomic E-state index is -0.858. The molecule has 0 rings (SSSR count). The van der Waals surface area contributed by atoms with Crippen LogP contribution in [0.4, 0.5) is 0 Å². The maximum Gasteiger partial charge on any atom is 0.305 e. The van der Waals surface area contributed by atoms with Crippen LogP contribution in [-0.4, -0.2) is 47.4 Å². The summed E-state index contributed by atoms with van der Waals surface area (Å²) in [4.78, 5) is 24.4. The van der Waals surface area contributed by atoms with Crippen molar-refractivity contribution in [2.45, 2.75) is 270 Å². The van der Waals surface area contributed by atoms with Crippen molar-refractivity contribution < 1.29 is 24.5 Å². The van der Waals surface area contributed by atoms with Crippen molar-refractivity contribution in [1.82, 2.24) is 5.32 Å². The second-order valence-electron chi connectivity index (χ2n) is 17.5. The van der Waals surface area contributed by atoms with E-state index in [1.807, 2.05) is 6.08 Å². The van der Waals surface area contributed by atoms with Gasteiger partial charge in [0.1, 0.15) is 0 Å². The van der Waals surface area contributed by atoms with E-state index in [2.05, 4.69) is 55.6 Å². The summed E-state index contributed by atoms with van der Waals surface area (Å²) in [6.07, 6.45) is 61.1. The van der Waals surface area contributed by atoms with E-state index in [1.54, 1.807) is 6.08 Å². The van der Waals surface area contributed by atoms with E-state index in [4.69, 9.17) is 4.74 Å². The number of aliphatic hydroxyl groups is 2. The van der Waals surface area contributed by atoms with Gasteiger partial charge in [0.2, 0.25) is 5.91 Å². The highest BCUT2D eigenvalue weighted by Gasteiger charge is 2.18. The lowest BCUT2D eigenvalue weighted by molar-refractivity contribution is -0.143. The zero-order valence-corrected chi connectivity index (χ0v) is 39.7. The Morgan fingerprint density at radius 3 is 1.28 bits per heavy atom. The van der Waals surface area contributed by atoms with Gasteiger partial charge >= 0.3 is 5.97 Å². The fourth-order valence-corrected chi connectivity index (χ4v) is 7.56. The Kier molecular flexibility index (Phi) is 47.7. The number of carbonyl (C=O) groups is 2. The van der Waals surface area contributed by atoms with Crippen LogP contribution >= 0.6 is 0 Å². The molecule has 1 amide bonds. The summed E-state index contributed by atoms with van der Waals surface area (Å²) in [7, 11) is 0. The zero-order valence-electron chi connectivity index (χ0n) is 39.7. The van der Waals surface area contributed by atoms with Crippen LogP contribution in [0, 0.1) is 0 Å². The lowest BCUT2D eigenvalue weighted by atomic mass is 10.1. The highest BCUT2D eigenvalue weighted by atomic mass is 16.5. The Bertz CT molecular complexity index is 1020. The van der Waals surface area contributed by atoms with Gasteiger partial charge in [0.25, 0.3) is 0 Å². The number of carbonyl (C=O) groups excluding carboxylic acids is 2. The van der Waals surface area contributed by atoms with Crippen LogP contribution in [0.2, 0.25) is 0 Å². The lowest BCUT2D eigenvalue weighted by Crippen LogP contribution is -2.45. The van der Waals surface area contributed by atoms with Crippen molar-refractivity contribution in [2.75, 3.05) is 13.2 Å². The van der Waals surface area contributed by atoms with Gasteiger partial charge in [-0.25, -0.2) is 0 Å². The van der Waals surface area contributed by atoms with Crippen LogP contribution in [0.25, 0.3) is 0 Å². The van der Waals surface area contributed by atoms with Crippen molar-refractivity contribution in [3.05, 3.63) is 48.6 Å². The van der Waals surface area contributed by atoms with Crippen molar-refractivity contribution >= 4 is 11.9 Å². The Balaban J connectivity index is 3.54. The average molecular weight is 842 g/mol. The molecule has 0 bridgehead atoms. The van der Waals surface area contributed by atoms with Gasteiger partial charge < -0.3 is 20.3 Å². The maximum atomic E-state index is 12.4. The van der Waals surface area contributed by atoms with Crippen molar-refractivity contribution in [3.63, 3.8) is 0 Å². The van der Waals surface area contributed by atoms with Gasteiger partial charge in [-0.1, -0.05) is 204 Å². The fraction of sp³-hybridized carbons (Fsp3) is 0.815. The first-order valence-electron chi connectivity index (χ1n) is 25.9. The number of amides is 1. The monoisotopic (exact) mass is 842 g/mol. The highest BCUT2D eigenvalue weighted by molar-refractivity contribution is 5.76. The van der Waals surface area contributed by atoms with Crippen LogP contribution in [0.15, 0.2) is 48.6 Å². The third kappa shape index (κ3) is 45.3. The fourth-order valence-electron chi connectivity index (χ4n) is 7.56. The summed E-state index contributed by atoms with van der Waals surface area (Å²) in [5.74, 6) is -0.121. The number of esters is 1. The van der Waals surface area contributed by atoms with Gasteiger partial charge in [-0.05, 0) is 89.9 Å². The van der Waals surface area contributed by atoms with E-state index >= 15 is 0 Å². The van der Waals surface area contributed by atoms with E-state index in [0.29, 0.717) is 19.4 Å². The average Bonchev–Trinajstić information content (AvgIpc) is 3.25. The van der Waals surface area contributed by atoms with Crippen LogP contribution in [-0.2, 0) is 14.3 Å². The molecule has 0 aromatic heterocycles. The lowest BCUT2D eigenvalue weighted by Gasteiger charge is -2.20. The number of nitrogens with one attached hydrogen (secondary N) is 1. The van der Waals surface area contributed by atoms with Gasteiger partial charge in [0.05, 0.1) is 25.4 Å². The van der Waals surface area contributed by atoms with E-state index in [0.717, 1.165) is 77.0 Å². The molecule has 6 nitrogen and oxygen atoms in total. The summed E-state index contributed by atoms with van der Waals surface area (Å²) in [6.45, 7) is 4.81. The first-order valence-corrected chi connectivity index (χ1v) is 25.9. The van der Waals surface area contributed by atoms with E-state index in [-0.39, 0.29) is 18.5 Å². The zero-order chi connectivity index (χ0) is 43.7. The van der Waals surface area contributed by atoms with Crippen LogP contribution < -0.4 is 5.32 Å². The molecule has 0 aliphatic heterocycles. The number of rotatable bonds is 47. The largest absolute Gasteiger partial charge is 0.466 e. The van der Waals surface area contributed by atoms with E-state index in [1.165, 1.54) is 154 Å². The molecule has 0 aromatic rings. The summed E-state index contributed by atoms with van der Waals surface area (Å²) in [6, 6.07) is -0.644. The summed E-state index contributed by atoms with van der Waals surface area (Å²) < 4.78 is 5.44. The Hall–Kier alpha value is -2.18. The summed E-state index contributed by atoms with van der Waals surface area (Å²) >= 11 is 0. The smallest absolute Gasteiger partial charge is 0.305 e. The van der Waals surface area contributed by atoms with Crippen LogP contribution in [0.1, 0.15) is 258 Å². The molecule has 2 atom stereocenters. The van der Waals surface area contributed by atoms with Gasteiger partial charge in [-0.2, -0.15) is 0 Å². The maximum absolute atomic E-state index is 12.4. The van der Waals surface area contributed by atoms with Crippen molar-refractivity contribution in [2.24, 2.45) is 0 Å². The summed E-state index contributed by atoms with van der Waals surface area (Å²) in [5.41, 5.74) is 0. The Morgan fingerprint density at radius 1 is 0.467 bits per heavy atom. The van der Waals surface area contributed by atoms with Crippen LogP contribution in [0.5, 0.6) is 0 Å².